The molecule has 0 bridgehead atoms. The zero-order chi connectivity index (χ0) is 29.2. The largest absolute Gasteiger partial charge is 0.481 e. The summed E-state index contributed by atoms with van der Waals surface area (Å²) in [4.78, 5) is 64.5. The first-order valence-corrected chi connectivity index (χ1v) is 10.9. The first kappa shape index (κ1) is 38.0. The van der Waals surface area contributed by atoms with E-state index >= 15 is 0 Å². The molecule has 2 N–H and O–H groups in total. The number of fused-ring (bicyclic) bond motifs is 1. The van der Waals surface area contributed by atoms with Crippen LogP contribution in [0.5, 0.6) is 0 Å². The second kappa shape index (κ2) is 17.4. The number of carboxylic acids is 1. The van der Waals surface area contributed by atoms with E-state index in [1.54, 1.807) is 13.0 Å². The topological polar surface area (TPSA) is 188 Å². The van der Waals surface area contributed by atoms with Gasteiger partial charge in [0.05, 0.1) is 50.2 Å². The van der Waals surface area contributed by atoms with Crippen LogP contribution in [-0.4, -0.2) is 61.1 Å². The van der Waals surface area contributed by atoms with Crippen molar-refractivity contribution in [1.82, 2.24) is 0 Å². The molecule has 2 aromatic carbocycles. The number of carbonyl (C=O) groups excluding carboxylic acids is 4. The Morgan fingerprint density at radius 1 is 0.950 bits per heavy atom. The summed E-state index contributed by atoms with van der Waals surface area (Å²) in [6, 6.07) is 6.04. The predicted octanol–water partition coefficient (Wildman–Crippen LogP) is 3.22. The standard InChI is InChI=1S/C12H13NO6.C11H11NO3.C2H4O2.CH3.Pd/c1-7-4-8(5-11(14)18-2)10(13(16)17)6-9(7)12(15)19-3;1-6-3-7-4-10(13)12-9(7)5-8(6)11(14)15-2;1-2(3)4;;/h4,6H,5H2,1-3H3;3,5H,4H2,1-2H3,(H,12,13);1H3,(H,3,4);1H3;/q;;;-1;. The second-order valence-corrected chi connectivity index (χ2v) is 7.86. The van der Waals surface area contributed by atoms with Crippen molar-refractivity contribution in [3.63, 3.8) is 0 Å². The molecular weight excluding hydrogens is 623 g/mol. The van der Waals surface area contributed by atoms with E-state index in [1.807, 2.05) is 13.0 Å². The van der Waals surface area contributed by atoms with Crippen LogP contribution in [0.3, 0.4) is 0 Å². The Morgan fingerprint density at radius 2 is 1.43 bits per heavy atom. The summed E-state index contributed by atoms with van der Waals surface area (Å²) in [6.45, 7) is 4.52. The molecule has 0 aliphatic carbocycles. The number of aliphatic carboxylic acids is 1. The summed E-state index contributed by atoms with van der Waals surface area (Å²) in [5, 5.41) is 21.1. The van der Waals surface area contributed by atoms with Gasteiger partial charge in [0.15, 0.2) is 0 Å². The van der Waals surface area contributed by atoms with E-state index in [4.69, 9.17) is 9.90 Å². The number of benzene rings is 2. The van der Waals surface area contributed by atoms with Gasteiger partial charge in [-0.2, -0.15) is 0 Å². The van der Waals surface area contributed by atoms with Crippen molar-refractivity contribution in [1.29, 1.82) is 0 Å². The van der Waals surface area contributed by atoms with Crippen LogP contribution in [0.15, 0.2) is 24.3 Å². The van der Waals surface area contributed by atoms with Gasteiger partial charge >= 0.3 is 17.9 Å². The van der Waals surface area contributed by atoms with Crippen molar-refractivity contribution in [3.05, 3.63) is 75.2 Å². The Hall–Kier alpha value is -4.15. The molecule has 0 atom stereocenters. The molecule has 0 radical (unpaired) electrons. The number of aryl methyl sites for hydroxylation is 2. The van der Waals surface area contributed by atoms with Crippen LogP contribution in [-0.2, 0) is 61.9 Å². The number of nitrogens with zero attached hydrogens (tertiary/aromatic N) is 1. The third kappa shape index (κ3) is 10.9. The van der Waals surface area contributed by atoms with Crippen LogP contribution in [0.1, 0.15) is 49.9 Å². The number of nitro benzene ring substituents is 1. The Bertz CT molecular complexity index is 1270. The van der Waals surface area contributed by atoms with Gasteiger partial charge in [0.25, 0.3) is 11.7 Å². The number of hydrogen-bond acceptors (Lipinski definition) is 10. The number of carbonyl (C=O) groups is 5. The van der Waals surface area contributed by atoms with E-state index in [0.29, 0.717) is 23.2 Å². The quantitative estimate of drug-likeness (QED) is 0.120. The summed E-state index contributed by atoms with van der Waals surface area (Å²) in [5.41, 5.74) is 3.46. The van der Waals surface area contributed by atoms with Crippen molar-refractivity contribution >= 4 is 41.2 Å². The van der Waals surface area contributed by atoms with E-state index in [0.717, 1.165) is 24.1 Å². The van der Waals surface area contributed by atoms with Gasteiger partial charge in [-0.3, -0.25) is 24.5 Å². The van der Waals surface area contributed by atoms with Gasteiger partial charge in [-0.05, 0) is 42.7 Å². The maximum Gasteiger partial charge on any atom is 0.338 e. The third-order valence-electron chi connectivity index (χ3n) is 5.07. The van der Waals surface area contributed by atoms with Crippen LogP contribution >= 0.6 is 0 Å². The van der Waals surface area contributed by atoms with E-state index in [2.05, 4.69) is 19.5 Å². The Morgan fingerprint density at radius 3 is 1.88 bits per heavy atom. The molecule has 222 valence electrons. The fourth-order valence-corrected chi connectivity index (χ4v) is 3.35. The number of ether oxygens (including phenoxy) is 3. The minimum absolute atomic E-state index is 0. The van der Waals surface area contributed by atoms with Gasteiger partial charge in [-0.1, -0.05) is 6.07 Å². The summed E-state index contributed by atoms with van der Waals surface area (Å²) in [5.74, 6) is -2.50. The molecule has 0 saturated carbocycles. The fourth-order valence-electron chi connectivity index (χ4n) is 3.35. The molecule has 13 nitrogen and oxygen atoms in total. The van der Waals surface area contributed by atoms with Crippen LogP contribution in [0, 0.1) is 31.4 Å². The van der Waals surface area contributed by atoms with Gasteiger partial charge in [0.1, 0.15) is 0 Å². The number of methoxy groups -OCH3 is 3. The van der Waals surface area contributed by atoms with Gasteiger partial charge in [-0.25, -0.2) is 9.59 Å². The molecular formula is C26H31N2O11Pd-. The Balaban J connectivity index is 0. The SMILES string of the molecule is CC(=O)O.COC(=O)Cc1cc(C)c(C(=O)OC)cc1[N+](=O)[O-].COC(=O)c1cc2c(cc1C)CC(=O)N2.[CH3-].[Pd]. The second-order valence-electron chi connectivity index (χ2n) is 7.86. The number of anilines is 1. The first-order valence-electron chi connectivity index (χ1n) is 10.9. The van der Waals surface area contributed by atoms with E-state index in [9.17, 15) is 29.3 Å². The molecule has 0 spiro atoms. The van der Waals surface area contributed by atoms with Crippen molar-refractivity contribution in [2.24, 2.45) is 0 Å². The van der Waals surface area contributed by atoms with E-state index in [-0.39, 0.29) is 63.0 Å². The number of carboxylic acid groups (broad SMARTS) is 1. The number of amides is 1. The average molecular weight is 654 g/mol. The average Bonchev–Trinajstić information content (AvgIpc) is 3.21. The Kier molecular flexibility index (Phi) is 16.6. The molecule has 0 fully saturated rings. The number of esters is 3. The molecule has 3 rings (SSSR count). The summed E-state index contributed by atoms with van der Waals surface area (Å²) < 4.78 is 13.7. The maximum atomic E-state index is 11.5. The van der Waals surface area contributed by atoms with Crippen LogP contribution < -0.4 is 5.32 Å². The third-order valence-corrected chi connectivity index (χ3v) is 5.07. The van der Waals surface area contributed by atoms with Crippen molar-refractivity contribution in [2.75, 3.05) is 26.6 Å². The number of rotatable bonds is 5. The minimum Gasteiger partial charge on any atom is -0.481 e. The van der Waals surface area contributed by atoms with Crippen molar-refractivity contribution in [2.45, 2.75) is 33.6 Å². The number of nitrogens with one attached hydrogen (secondary N) is 1. The van der Waals surface area contributed by atoms with Gasteiger partial charge in [0, 0.05) is 44.7 Å². The number of hydrogen-bond donors (Lipinski definition) is 2. The van der Waals surface area contributed by atoms with Crippen LogP contribution in [0.4, 0.5) is 11.4 Å². The molecule has 1 amide bonds. The molecule has 40 heavy (non-hydrogen) atoms. The predicted molar refractivity (Wildman–Crippen MR) is 139 cm³/mol. The van der Waals surface area contributed by atoms with E-state index in [1.165, 1.54) is 27.4 Å². The zero-order valence-corrected chi connectivity index (χ0v) is 24.6. The first-order chi connectivity index (χ1) is 17.7. The summed E-state index contributed by atoms with van der Waals surface area (Å²) in [7, 11) is 3.73. The summed E-state index contributed by atoms with van der Waals surface area (Å²) in [6.07, 6.45) is 0.159. The number of nitro groups is 1. The smallest absolute Gasteiger partial charge is 0.338 e. The van der Waals surface area contributed by atoms with E-state index < -0.39 is 22.8 Å². The molecule has 1 aliphatic rings. The molecule has 0 saturated heterocycles. The molecule has 0 unspecified atom stereocenters. The zero-order valence-electron chi connectivity index (χ0n) is 23.0. The van der Waals surface area contributed by atoms with Crippen molar-refractivity contribution in [3.8, 4) is 0 Å². The van der Waals surface area contributed by atoms with Gasteiger partial charge in [-0.15, -0.1) is 0 Å². The van der Waals surface area contributed by atoms with Gasteiger partial charge in [0.2, 0.25) is 5.91 Å². The monoisotopic (exact) mass is 653 g/mol. The van der Waals surface area contributed by atoms with Gasteiger partial charge < -0.3 is 32.1 Å². The molecule has 2 aromatic rings. The fraction of sp³-hybridized carbons (Fsp3) is 0.308. The van der Waals surface area contributed by atoms with Crippen LogP contribution in [0.2, 0.25) is 0 Å². The molecule has 1 heterocycles. The summed E-state index contributed by atoms with van der Waals surface area (Å²) >= 11 is 0. The Labute approximate surface area is 245 Å². The molecule has 14 heteroatoms. The maximum absolute atomic E-state index is 11.5. The molecule has 0 aromatic heterocycles. The normalized spacial score (nSPS) is 10.3. The molecule has 1 aliphatic heterocycles. The van der Waals surface area contributed by atoms with Crippen molar-refractivity contribution < 1.29 is 68.6 Å². The van der Waals surface area contributed by atoms with Crippen LogP contribution in [0.25, 0.3) is 0 Å². The minimum atomic E-state index is -0.833.